The fraction of sp³-hybridized carbons (Fsp3) is 0.318. The minimum atomic E-state index is -0.659. The monoisotopic (exact) mass is 365 g/mol. The van der Waals surface area contributed by atoms with E-state index in [1.807, 2.05) is 13.0 Å². The number of ether oxygens (including phenoxy) is 1. The lowest BCUT2D eigenvalue weighted by atomic mass is 9.98. The Labute approximate surface area is 158 Å². The topological polar surface area (TPSA) is 63.7 Å². The van der Waals surface area contributed by atoms with Crippen LogP contribution in [0.1, 0.15) is 52.5 Å². The van der Waals surface area contributed by atoms with Gasteiger partial charge in [0, 0.05) is 23.7 Å². The van der Waals surface area contributed by atoms with Crippen molar-refractivity contribution >= 4 is 17.7 Å². The number of esters is 1. The van der Waals surface area contributed by atoms with Crippen LogP contribution in [0.2, 0.25) is 0 Å². The van der Waals surface area contributed by atoms with Gasteiger partial charge in [0.25, 0.3) is 5.91 Å². The fourth-order valence-corrected chi connectivity index (χ4v) is 3.36. The van der Waals surface area contributed by atoms with Crippen LogP contribution in [0.5, 0.6) is 0 Å². The molecule has 3 rings (SSSR count). The highest BCUT2D eigenvalue weighted by molar-refractivity contribution is 6.14. The molecule has 5 heteroatoms. The van der Waals surface area contributed by atoms with Crippen LogP contribution < -0.4 is 0 Å². The molecule has 0 aliphatic carbocycles. The Bertz CT molecular complexity index is 831. The van der Waals surface area contributed by atoms with E-state index < -0.39 is 5.97 Å². The molecule has 27 heavy (non-hydrogen) atoms. The third kappa shape index (κ3) is 4.42. The van der Waals surface area contributed by atoms with Gasteiger partial charge < -0.3 is 9.64 Å². The molecular formula is C22H23NO4. The van der Waals surface area contributed by atoms with E-state index in [9.17, 15) is 14.4 Å². The lowest BCUT2D eigenvalue weighted by molar-refractivity contribution is -0.137. The van der Waals surface area contributed by atoms with Crippen LogP contribution in [0.25, 0.3) is 0 Å². The van der Waals surface area contributed by atoms with Gasteiger partial charge in [-0.05, 0) is 32.3 Å². The number of ketones is 1. The van der Waals surface area contributed by atoms with E-state index in [0.29, 0.717) is 12.1 Å². The Balaban J connectivity index is 1.70. The van der Waals surface area contributed by atoms with E-state index in [1.165, 1.54) is 0 Å². The van der Waals surface area contributed by atoms with E-state index in [-0.39, 0.29) is 35.5 Å². The summed E-state index contributed by atoms with van der Waals surface area (Å²) in [5.41, 5.74) is 0.939. The van der Waals surface area contributed by atoms with Crippen molar-refractivity contribution in [1.82, 2.24) is 4.90 Å². The second kappa shape index (κ2) is 8.62. The van der Waals surface area contributed by atoms with Crippen molar-refractivity contribution in [3.05, 3.63) is 71.3 Å². The zero-order valence-corrected chi connectivity index (χ0v) is 15.4. The molecule has 2 aromatic carbocycles. The quantitative estimate of drug-likeness (QED) is 0.601. The normalized spacial score (nSPS) is 16.6. The molecule has 1 aliphatic heterocycles. The van der Waals surface area contributed by atoms with Gasteiger partial charge in [-0.2, -0.15) is 0 Å². The molecule has 1 saturated heterocycles. The van der Waals surface area contributed by atoms with Crippen molar-refractivity contribution < 1.29 is 19.1 Å². The number of piperidine rings is 1. The van der Waals surface area contributed by atoms with E-state index in [2.05, 4.69) is 0 Å². The van der Waals surface area contributed by atoms with Gasteiger partial charge in [0.1, 0.15) is 0 Å². The standard InChI is InChI=1S/C22H23NO4/c1-16-9-7-8-14-23(16)20(24)15-27-22(26)19-13-6-5-12-18(19)21(25)17-10-3-2-4-11-17/h2-6,10-13,16H,7-9,14-15H2,1H3/t16-/m0/s1. The van der Waals surface area contributed by atoms with Crippen LogP contribution in [0.3, 0.4) is 0 Å². The Hall–Kier alpha value is -2.95. The lowest BCUT2D eigenvalue weighted by Crippen LogP contribution is -2.44. The predicted octanol–water partition coefficient (Wildman–Crippen LogP) is 3.48. The maximum Gasteiger partial charge on any atom is 0.339 e. The van der Waals surface area contributed by atoms with Gasteiger partial charge in [-0.1, -0.05) is 48.5 Å². The molecular weight excluding hydrogens is 342 g/mol. The first-order chi connectivity index (χ1) is 13.1. The summed E-state index contributed by atoms with van der Waals surface area (Å²) < 4.78 is 5.24. The molecule has 2 aromatic rings. The first kappa shape index (κ1) is 18.8. The molecule has 140 valence electrons. The number of hydrogen-bond acceptors (Lipinski definition) is 4. The molecule has 1 atom stereocenters. The van der Waals surface area contributed by atoms with Crippen molar-refractivity contribution in [3.8, 4) is 0 Å². The first-order valence-electron chi connectivity index (χ1n) is 9.23. The van der Waals surface area contributed by atoms with Crippen LogP contribution in [-0.4, -0.2) is 41.8 Å². The van der Waals surface area contributed by atoms with Crippen molar-refractivity contribution in [2.45, 2.75) is 32.2 Å². The number of likely N-dealkylation sites (tertiary alicyclic amines) is 1. The van der Waals surface area contributed by atoms with Gasteiger partial charge in [-0.3, -0.25) is 9.59 Å². The number of carbonyl (C=O) groups excluding carboxylic acids is 3. The van der Waals surface area contributed by atoms with Crippen LogP contribution in [0.15, 0.2) is 54.6 Å². The molecule has 1 aliphatic rings. The van der Waals surface area contributed by atoms with E-state index in [1.54, 1.807) is 53.4 Å². The van der Waals surface area contributed by atoms with Crippen LogP contribution in [0, 0.1) is 0 Å². The minimum Gasteiger partial charge on any atom is -0.452 e. The fourth-order valence-electron chi connectivity index (χ4n) is 3.36. The summed E-state index contributed by atoms with van der Waals surface area (Å²) >= 11 is 0. The molecule has 0 spiro atoms. The van der Waals surface area contributed by atoms with Crippen LogP contribution in [-0.2, 0) is 9.53 Å². The van der Waals surface area contributed by atoms with Crippen LogP contribution in [0.4, 0.5) is 0 Å². The molecule has 5 nitrogen and oxygen atoms in total. The zero-order chi connectivity index (χ0) is 19.2. The number of carbonyl (C=O) groups is 3. The minimum absolute atomic E-state index is 0.164. The van der Waals surface area contributed by atoms with E-state index in [4.69, 9.17) is 4.74 Å². The molecule has 1 heterocycles. The lowest BCUT2D eigenvalue weighted by Gasteiger charge is -2.33. The average Bonchev–Trinajstić information content (AvgIpc) is 2.72. The van der Waals surface area contributed by atoms with Gasteiger partial charge in [-0.15, -0.1) is 0 Å². The van der Waals surface area contributed by atoms with Gasteiger partial charge in [0.15, 0.2) is 12.4 Å². The Morgan fingerprint density at radius 1 is 0.963 bits per heavy atom. The van der Waals surface area contributed by atoms with Gasteiger partial charge >= 0.3 is 5.97 Å². The smallest absolute Gasteiger partial charge is 0.339 e. The highest BCUT2D eigenvalue weighted by Crippen LogP contribution is 2.18. The zero-order valence-electron chi connectivity index (χ0n) is 15.4. The largest absolute Gasteiger partial charge is 0.452 e. The molecule has 1 fully saturated rings. The van der Waals surface area contributed by atoms with Crippen molar-refractivity contribution in [2.75, 3.05) is 13.2 Å². The van der Waals surface area contributed by atoms with E-state index >= 15 is 0 Å². The second-order valence-electron chi connectivity index (χ2n) is 6.75. The maximum atomic E-state index is 12.7. The third-order valence-corrected chi connectivity index (χ3v) is 4.88. The number of nitrogens with zero attached hydrogens (tertiary/aromatic N) is 1. The highest BCUT2D eigenvalue weighted by Gasteiger charge is 2.25. The molecule has 0 unspecified atom stereocenters. The summed E-state index contributed by atoms with van der Waals surface area (Å²) in [5.74, 6) is -1.10. The second-order valence-corrected chi connectivity index (χ2v) is 6.75. The summed E-state index contributed by atoms with van der Waals surface area (Å²) in [6.07, 6.45) is 3.05. The molecule has 1 amide bonds. The van der Waals surface area contributed by atoms with E-state index in [0.717, 1.165) is 19.3 Å². The number of hydrogen-bond donors (Lipinski definition) is 0. The van der Waals surface area contributed by atoms with Crippen molar-refractivity contribution in [1.29, 1.82) is 0 Å². The summed E-state index contributed by atoms with van der Waals surface area (Å²) in [4.78, 5) is 39.4. The third-order valence-electron chi connectivity index (χ3n) is 4.88. The number of amides is 1. The molecule has 0 saturated carbocycles. The molecule has 0 radical (unpaired) electrons. The van der Waals surface area contributed by atoms with Crippen molar-refractivity contribution in [2.24, 2.45) is 0 Å². The Kier molecular flexibility index (Phi) is 6.01. The van der Waals surface area contributed by atoms with Crippen LogP contribution >= 0.6 is 0 Å². The van der Waals surface area contributed by atoms with Gasteiger partial charge in [0.05, 0.1) is 5.56 Å². The predicted molar refractivity (Wildman–Crippen MR) is 102 cm³/mol. The first-order valence-corrected chi connectivity index (χ1v) is 9.23. The SMILES string of the molecule is C[C@H]1CCCCN1C(=O)COC(=O)c1ccccc1C(=O)c1ccccc1. The molecule has 0 aromatic heterocycles. The molecule has 0 N–H and O–H groups in total. The van der Waals surface area contributed by atoms with Crippen molar-refractivity contribution in [3.63, 3.8) is 0 Å². The average molecular weight is 365 g/mol. The van der Waals surface area contributed by atoms with Gasteiger partial charge in [0.2, 0.25) is 0 Å². The number of rotatable bonds is 5. The molecule has 0 bridgehead atoms. The Morgan fingerprint density at radius 3 is 2.33 bits per heavy atom. The Morgan fingerprint density at radius 2 is 1.63 bits per heavy atom. The highest BCUT2D eigenvalue weighted by atomic mass is 16.5. The van der Waals surface area contributed by atoms with Gasteiger partial charge in [-0.25, -0.2) is 4.79 Å². The summed E-state index contributed by atoms with van der Waals surface area (Å²) in [5, 5.41) is 0. The number of benzene rings is 2. The summed E-state index contributed by atoms with van der Waals surface area (Å²) in [7, 11) is 0. The summed E-state index contributed by atoms with van der Waals surface area (Å²) in [6.45, 7) is 2.39. The summed E-state index contributed by atoms with van der Waals surface area (Å²) in [6, 6.07) is 15.4. The maximum absolute atomic E-state index is 12.7.